The molecule has 0 aromatic carbocycles. The fraction of sp³-hybridized carbons (Fsp3) is 1.00. The summed E-state index contributed by atoms with van der Waals surface area (Å²) in [5.74, 6) is 0.684. The van der Waals surface area contributed by atoms with Gasteiger partial charge in [-0.25, -0.2) is 0 Å². The van der Waals surface area contributed by atoms with Gasteiger partial charge in [0.25, 0.3) is 0 Å². The predicted octanol–water partition coefficient (Wildman–Crippen LogP) is 1.73. The molecule has 0 spiro atoms. The fourth-order valence-corrected chi connectivity index (χ4v) is 1.10. The number of aliphatic hydroxyl groups is 1. The summed E-state index contributed by atoms with van der Waals surface area (Å²) < 4.78 is 0. The van der Waals surface area contributed by atoms with Crippen LogP contribution in [0.15, 0.2) is 0 Å². The van der Waals surface area contributed by atoms with Gasteiger partial charge < -0.3 is 10.0 Å². The smallest absolute Gasteiger partial charge is 0.0524 e. The first-order valence-corrected chi connectivity index (χ1v) is 4.83. The van der Waals surface area contributed by atoms with E-state index in [9.17, 15) is 0 Å². The minimum absolute atomic E-state index is 0.174. The molecule has 0 aliphatic carbocycles. The van der Waals surface area contributed by atoms with Crippen LogP contribution in [-0.4, -0.2) is 35.7 Å². The van der Waals surface area contributed by atoms with E-state index in [2.05, 4.69) is 32.7 Å². The minimum Gasteiger partial charge on any atom is -0.393 e. The molecular weight excluding hydrogens is 150 g/mol. The van der Waals surface area contributed by atoms with E-state index >= 15 is 0 Å². The summed E-state index contributed by atoms with van der Waals surface area (Å²) in [6, 6.07) is 0.601. The molecule has 0 aromatic heterocycles. The third kappa shape index (κ3) is 4.73. The lowest BCUT2D eigenvalue weighted by molar-refractivity contribution is 0.140. The molecule has 0 bridgehead atoms. The zero-order chi connectivity index (χ0) is 9.72. The van der Waals surface area contributed by atoms with E-state index in [1.165, 1.54) is 0 Å². The molecule has 0 radical (unpaired) electrons. The Labute approximate surface area is 76.6 Å². The SMILES string of the molecule is CC(O)CCN(C)C(C)C(C)C. The quantitative estimate of drug-likeness (QED) is 0.684. The highest BCUT2D eigenvalue weighted by atomic mass is 16.3. The zero-order valence-corrected chi connectivity index (χ0v) is 9.04. The van der Waals surface area contributed by atoms with Crippen molar-refractivity contribution in [3.8, 4) is 0 Å². The molecule has 12 heavy (non-hydrogen) atoms. The highest BCUT2D eigenvalue weighted by Crippen LogP contribution is 2.08. The maximum absolute atomic E-state index is 9.09. The molecule has 0 rings (SSSR count). The van der Waals surface area contributed by atoms with Crippen molar-refractivity contribution < 1.29 is 5.11 Å². The lowest BCUT2D eigenvalue weighted by atomic mass is 10.1. The van der Waals surface area contributed by atoms with E-state index < -0.39 is 0 Å². The van der Waals surface area contributed by atoms with Gasteiger partial charge in [0, 0.05) is 12.6 Å². The summed E-state index contributed by atoms with van der Waals surface area (Å²) in [7, 11) is 2.12. The molecule has 1 N–H and O–H groups in total. The number of rotatable bonds is 5. The molecule has 0 aliphatic heterocycles. The largest absolute Gasteiger partial charge is 0.393 e. The first-order valence-electron chi connectivity index (χ1n) is 4.83. The van der Waals surface area contributed by atoms with Crippen LogP contribution in [-0.2, 0) is 0 Å². The Morgan fingerprint density at radius 1 is 1.17 bits per heavy atom. The molecular formula is C10H23NO. The summed E-state index contributed by atoms with van der Waals surface area (Å²) in [5.41, 5.74) is 0. The van der Waals surface area contributed by atoms with Gasteiger partial charge in [-0.2, -0.15) is 0 Å². The molecule has 2 heteroatoms. The second-order valence-corrected chi connectivity index (χ2v) is 4.10. The number of hydrogen-bond donors (Lipinski definition) is 1. The van der Waals surface area contributed by atoms with Gasteiger partial charge in [-0.1, -0.05) is 13.8 Å². The van der Waals surface area contributed by atoms with Crippen LogP contribution >= 0.6 is 0 Å². The maximum Gasteiger partial charge on any atom is 0.0524 e. The van der Waals surface area contributed by atoms with Gasteiger partial charge in [-0.15, -0.1) is 0 Å². The van der Waals surface area contributed by atoms with Crippen molar-refractivity contribution in [2.45, 2.75) is 46.3 Å². The third-order valence-electron chi connectivity index (χ3n) is 2.56. The van der Waals surface area contributed by atoms with Crippen LogP contribution < -0.4 is 0 Å². The van der Waals surface area contributed by atoms with Crippen molar-refractivity contribution in [1.82, 2.24) is 4.90 Å². The second kappa shape index (κ2) is 5.55. The topological polar surface area (TPSA) is 23.5 Å². The van der Waals surface area contributed by atoms with Crippen LogP contribution in [0.3, 0.4) is 0 Å². The van der Waals surface area contributed by atoms with E-state index in [1.807, 2.05) is 6.92 Å². The Hall–Kier alpha value is -0.0800. The lowest BCUT2D eigenvalue weighted by Crippen LogP contribution is -2.34. The first-order chi connectivity index (χ1) is 5.45. The molecule has 0 fully saturated rings. The Balaban J connectivity index is 3.64. The van der Waals surface area contributed by atoms with Gasteiger partial charge in [0.2, 0.25) is 0 Å². The monoisotopic (exact) mass is 173 g/mol. The van der Waals surface area contributed by atoms with E-state index in [0.29, 0.717) is 12.0 Å². The summed E-state index contributed by atoms with van der Waals surface area (Å²) in [4.78, 5) is 2.30. The van der Waals surface area contributed by atoms with Crippen LogP contribution in [0.4, 0.5) is 0 Å². The van der Waals surface area contributed by atoms with Gasteiger partial charge in [-0.3, -0.25) is 0 Å². The van der Waals surface area contributed by atoms with Gasteiger partial charge in [0.15, 0.2) is 0 Å². The third-order valence-corrected chi connectivity index (χ3v) is 2.56. The van der Waals surface area contributed by atoms with Crippen molar-refractivity contribution in [3.63, 3.8) is 0 Å². The van der Waals surface area contributed by atoms with E-state index in [1.54, 1.807) is 0 Å². The summed E-state index contributed by atoms with van der Waals surface area (Å²) in [5, 5.41) is 9.09. The maximum atomic E-state index is 9.09. The van der Waals surface area contributed by atoms with E-state index in [-0.39, 0.29) is 6.10 Å². The standard InChI is InChI=1S/C10H23NO/c1-8(2)10(4)11(5)7-6-9(3)12/h8-10,12H,6-7H2,1-5H3. The van der Waals surface area contributed by atoms with Crippen molar-refractivity contribution in [2.75, 3.05) is 13.6 Å². The van der Waals surface area contributed by atoms with Crippen molar-refractivity contribution in [2.24, 2.45) is 5.92 Å². The van der Waals surface area contributed by atoms with Crippen LogP contribution in [0.1, 0.15) is 34.1 Å². The molecule has 0 aromatic rings. The first kappa shape index (κ1) is 11.9. The average Bonchev–Trinajstić information content (AvgIpc) is 1.98. The fourth-order valence-electron chi connectivity index (χ4n) is 1.10. The number of aliphatic hydroxyl groups excluding tert-OH is 1. The normalized spacial score (nSPS) is 17.0. The van der Waals surface area contributed by atoms with Crippen LogP contribution in [0, 0.1) is 5.92 Å². The molecule has 0 heterocycles. The van der Waals surface area contributed by atoms with Crippen LogP contribution in [0.2, 0.25) is 0 Å². The lowest BCUT2D eigenvalue weighted by Gasteiger charge is -2.28. The van der Waals surface area contributed by atoms with Gasteiger partial charge in [-0.05, 0) is 33.2 Å². The number of nitrogens with zero attached hydrogens (tertiary/aromatic N) is 1. The van der Waals surface area contributed by atoms with Crippen LogP contribution in [0.25, 0.3) is 0 Å². The van der Waals surface area contributed by atoms with Crippen molar-refractivity contribution in [3.05, 3.63) is 0 Å². The molecule has 2 atom stereocenters. The molecule has 2 nitrogen and oxygen atoms in total. The predicted molar refractivity (Wildman–Crippen MR) is 53.2 cm³/mol. The molecule has 0 saturated heterocycles. The Morgan fingerprint density at radius 2 is 1.67 bits per heavy atom. The van der Waals surface area contributed by atoms with Gasteiger partial charge in [0.05, 0.1) is 6.10 Å². The minimum atomic E-state index is -0.174. The highest BCUT2D eigenvalue weighted by molar-refractivity contribution is 4.67. The van der Waals surface area contributed by atoms with E-state index in [0.717, 1.165) is 13.0 Å². The summed E-state index contributed by atoms with van der Waals surface area (Å²) in [6.45, 7) is 9.50. The van der Waals surface area contributed by atoms with Gasteiger partial charge in [0.1, 0.15) is 0 Å². The Bertz CT molecular complexity index is 112. The van der Waals surface area contributed by atoms with E-state index in [4.69, 9.17) is 5.11 Å². The molecule has 2 unspecified atom stereocenters. The van der Waals surface area contributed by atoms with Crippen LogP contribution in [0.5, 0.6) is 0 Å². The highest BCUT2D eigenvalue weighted by Gasteiger charge is 2.12. The molecule has 0 amide bonds. The molecule has 0 saturated carbocycles. The second-order valence-electron chi connectivity index (χ2n) is 4.10. The number of hydrogen-bond acceptors (Lipinski definition) is 2. The summed E-state index contributed by atoms with van der Waals surface area (Å²) in [6.07, 6.45) is 0.694. The average molecular weight is 173 g/mol. The summed E-state index contributed by atoms with van der Waals surface area (Å²) >= 11 is 0. The molecule has 0 aliphatic rings. The Morgan fingerprint density at radius 3 is 2.00 bits per heavy atom. The zero-order valence-electron chi connectivity index (χ0n) is 9.04. The van der Waals surface area contributed by atoms with Crippen molar-refractivity contribution in [1.29, 1.82) is 0 Å². The van der Waals surface area contributed by atoms with Crippen molar-refractivity contribution >= 4 is 0 Å². The Kier molecular flexibility index (Phi) is 5.51. The van der Waals surface area contributed by atoms with Gasteiger partial charge >= 0.3 is 0 Å². The molecule has 74 valence electrons.